The standard InChI is InChI=1S/C13H9NO2S2/c14-6-9-2-1-3-10(4-9)7-17-11-5-12(13(15)16)18-8-11/h1-5,8H,7H2,(H,15,16). The third-order valence-electron chi connectivity index (χ3n) is 2.25. The predicted molar refractivity (Wildman–Crippen MR) is 72.0 cm³/mol. The third-order valence-corrected chi connectivity index (χ3v) is 4.36. The molecule has 0 spiro atoms. The summed E-state index contributed by atoms with van der Waals surface area (Å²) < 4.78 is 0. The van der Waals surface area contributed by atoms with E-state index in [2.05, 4.69) is 6.07 Å². The summed E-state index contributed by atoms with van der Waals surface area (Å²) in [7, 11) is 0. The van der Waals surface area contributed by atoms with Gasteiger partial charge < -0.3 is 5.11 Å². The number of rotatable bonds is 4. The van der Waals surface area contributed by atoms with Gasteiger partial charge in [-0.3, -0.25) is 0 Å². The number of carbonyl (C=O) groups is 1. The number of hydrogen-bond acceptors (Lipinski definition) is 4. The number of carboxylic acids is 1. The highest BCUT2D eigenvalue weighted by molar-refractivity contribution is 7.98. The van der Waals surface area contributed by atoms with E-state index in [9.17, 15) is 4.79 Å². The minimum absolute atomic E-state index is 0.350. The summed E-state index contributed by atoms with van der Waals surface area (Å²) in [6, 6.07) is 11.2. The highest BCUT2D eigenvalue weighted by Crippen LogP contribution is 2.27. The second kappa shape index (κ2) is 5.71. The van der Waals surface area contributed by atoms with Gasteiger partial charge in [-0.2, -0.15) is 5.26 Å². The van der Waals surface area contributed by atoms with Crippen LogP contribution in [0.4, 0.5) is 0 Å². The second-order valence-electron chi connectivity index (χ2n) is 3.55. The molecule has 5 heteroatoms. The number of carboxylic acid groups (broad SMARTS) is 1. The minimum atomic E-state index is -0.890. The minimum Gasteiger partial charge on any atom is -0.477 e. The van der Waals surface area contributed by atoms with Crippen molar-refractivity contribution in [2.24, 2.45) is 0 Å². The molecule has 0 aliphatic heterocycles. The van der Waals surface area contributed by atoms with Gasteiger partial charge in [0.25, 0.3) is 0 Å². The molecule has 3 nitrogen and oxygen atoms in total. The van der Waals surface area contributed by atoms with E-state index in [0.717, 1.165) is 16.2 Å². The smallest absolute Gasteiger partial charge is 0.345 e. The predicted octanol–water partition coefficient (Wildman–Crippen LogP) is 3.61. The molecule has 0 amide bonds. The molecule has 0 radical (unpaired) electrons. The van der Waals surface area contributed by atoms with E-state index in [1.54, 1.807) is 23.9 Å². The highest BCUT2D eigenvalue weighted by Gasteiger charge is 2.07. The number of nitriles is 1. The molecule has 0 atom stereocenters. The molecule has 18 heavy (non-hydrogen) atoms. The molecule has 1 N–H and O–H groups in total. The lowest BCUT2D eigenvalue weighted by Gasteiger charge is -1.99. The number of thiophene rings is 1. The maximum absolute atomic E-state index is 10.7. The van der Waals surface area contributed by atoms with Gasteiger partial charge in [-0.1, -0.05) is 12.1 Å². The van der Waals surface area contributed by atoms with Crippen LogP contribution in [0.25, 0.3) is 0 Å². The van der Waals surface area contributed by atoms with E-state index in [-0.39, 0.29) is 0 Å². The Kier molecular flexibility index (Phi) is 4.03. The molecule has 0 saturated heterocycles. The van der Waals surface area contributed by atoms with Crippen LogP contribution in [0.15, 0.2) is 40.6 Å². The number of hydrogen-bond donors (Lipinski definition) is 1. The first-order valence-corrected chi connectivity index (χ1v) is 6.99. The Morgan fingerprint density at radius 2 is 2.28 bits per heavy atom. The molecule has 0 saturated carbocycles. The van der Waals surface area contributed by atoms with Crippen LogP contribution in [-0.4, -0.2) is 11.1 Å². The molecule has 0 bridgehead atoms. The Hall–Kier alpha value is -1.77. The van der Waals surface area contributed by atoms with Crippen molar-refractivity contribution in [1.82, 2.24) is 0 Å². The molecule has 0 aliphatic carbocycles. The maximum atomic E-state index is 10.7. The third kappa shape index (κ3) is 3.13. The quantitative estimate of drug-likeness (QED) is 0.866. The number of nitrogens with zero attached hydrogens (tertiary/aromatic N) is 1. The fourth-order valence-corrected chi connectivity index (χ4v) is 3.22. The molecule has 0 fully saturated rings. The van der Waals surface area contributed by atoms with Crippen LogP contribution in [0.2, 0.25) is 0 Å². The monoisotopic (exact) mass is 275 g/mol. The van der Waals surface area contributed by atoms with Crippen LogP contribution in [0.1, 0.15) is 20.8 Å². The van der Waals surface area contributed by atoms with Gasteiger partial charge in [0.1, 0.15) is 4.88 Å². The van der Waals surface area contributed by atoms with E-state index >= 15 is 0 Å². The van der Waals surface area contributed by atoms with Crippen LogP contribution in [0.5, 0.6) is 0 Å². The summed E-state index contributed by atoms with van der Waals surface area (Å²) in [5.41, 5.74) is 1.70. The Morgan fingerprint density at radius 3 is 2.94 bits per heavy atom. The maximum Gasteiger partial charge on any atom is 0.345 e. The Labute approximate surface area is 113 Å². The first-order valence-electron chi connectivity index (χ1n) is 5.12. The zero-order valence-corrected chi connectivity index (χ0v) is 10.9. The normalized spacial score (nSPS) is 9.94. The van der Waals surface area contributed by atoms with Gasteiger partial charge >= 0.3 is 5.97 Å². The Balaban J connectivity index is 2.02. The van der Waals surface area contributed by atoms with Crippen LogP contribution >= 0.6 is 23.1 Å². The fraction of sp³-hybridized carbons (Fsp3) is 0.0769. The zero-order valence-electron chi connectivity index (χ0n) is 9.29. The van der Waals surface area contributed by atoms with Crippen LogP contribution in [0.3, 0.4) is 0 Å². The molecule has 2 rings (SSSR count). The average molecular weight is 275 g/mol. The zero-order chi connectivity index (χ0) is 13.0. The van der Waals surface area contributed by atoms with Crippen molar-refractivity contribution >= 4 is 29.1 Å². The van der Waals surface area contributed by atoms with Crippen LogP contribution in [-0.2, 0) is 5.75 Å². The summed E-state index contributed by atoms with van der Waals surface area (Å²) in [6.07, 6.45) is 0. The van der Waals surface area contributed by atoms with E-state index in [0.29, 0.717) is 10.4 Å². The van der Waals surface area contributed by atoms with E-state index in [4.69, 9.17) is 10.4 Å². The van der Waals surface area contributed by atoms with Gasteiger partial charge in [-0.05, 0) is 23.8 Å². The van der Waals surface area contributed by atoms with Gasteiger partial charge in [0.15, 0.2) is 0 Å². The van der Waals surface area contributed by atoms with Crippen molar-refractivity contribution in [3.05, 3.63) is 51.7 Å². The second-order valence-corrected chi connectivity index (χ2v) is 5.51. The molecule has 1 aromatic heterocycles. The fourth-order valence-electron chi connectivity index (χ4n) is 1.40. The van der Waals surface area contributed by atoms with Crippen molar-refractivity contribution < 1.29 is 9.90 Å². The van der Waals surface area contributed by atoms with Crippen molar-refractivity contribution in [3.63, 3.8) is 0 Å². The van der Waals surface area contributed by atoms with Gasteiger partial charge in [-0.25, -0.2) is 4.79 Å². The molecular weight excluding hydrogens is 266 g/mol. The SMILES string of the molecule is N#Cc1cccc(CSc2csc(C(=O)O)c2)c1. The Bertz CT molecular complexity index is 613. The molecule has 0 aliphatic rings. The van der Waals surface area contributed by atoms with E-state index in [1.807, 2.05) is 23.6 Å². The molecule has 2 aromatic rings. The van der Waals surface area contributed by atoms with Gasteiger partial charge in [0.2, 0.25) is 0 Å². The molecular formula is C13H9NO2S2. The van der Waals surface area contributed by atoms with Crippen molar-refractivity contribution in [2.45, 2.75) is 10.6 Å². The van der Waals surface area contributed by atoms with Gasteiger partial charge in [-0.15, -0.1) is 23.1 Å². The first kappa shape index (κ1) is 12.7. The molecule has 1 heterocycles. The Morgan fingerprint density at radius 1 is 1.44 bits per heavy atom. The lowest BCUT2D eigenvalue weighted by atomic mass is 10.2. The number of thioether (sulfide) groups is 1. The van der Waals surface area contributed by atoms with E-state index < -0.39 is 5.97 Å². The topological polar surface area (TPSA) is 61.1 Å². The van der Waals surface area contributed by atoms with Crippen LogP contribution < -0.4 is 0 Å². The summed E-state index contributed by atoms with van der Waals surface area (Å²) in [5.74, 6) is -0.163. The lowest BCUT2D eigenvalue weighted by molar-refractivity contribution is 0.0702. The van der Waals surface area contributed by atoms with E-state index in [1.165, 1.54) is 11.3 Å². The van der Waals surface area contributed by atoms with Gasteiger partial charge in [0, 0.05) is 16.0 Å². The lowest BCUT2D eigenvalue weighted by Crippen LogP contribution is -1.89. The number of aromatic carboxylic acids is 1. The molecule has 0 unspecified atom stereocenters. The van der Waals surface area contributed by atoms with Gasteiger partial charge in [0.05, 0.1) is 11.6 Å². The number of benzene rings is 1. The molecule has 90 valence electrons. The summed E-state index contributed by atoms with van der Waals surface area (Å²) >= 11 is 2.80. The average Bonchev–Trinajstić information content (AvgIpc) is 2.85. The van der Waals surface area contributed by atoms with Crippen molar-refractivity contribution in [2.75, 3.05) is 0 Å². The summed E-state index contributed by atoms with van der Waals surface area (Å²) in [4.78, 5) is 12.0. The summed E-state index contributed by atoms with van der Waals surface area (Å²) in [6.45, 7) is 0. The van der Waals surface area contributed by atoms with Crippen molar-refractivity contribution in [3.8, 4) is 6.07 Å². The first-order chi connectivity index (χ1) is 8.69. The molecule has 1 aromatic carbocycles. The highest BCUT2D eigenvalue weighted by atomic mass is 32.2. The van der Waals surface area contributed by atoms with Crippen molar-refractivity contribution in [1.29, 1.82) is 5.26 Å². The summed E-state index contributed by atoms with van der Waals surface area (Å²) in [5, 5.41) is 19.4. The largest absolute Gasteiger partial charge is 0.477 e. The van der Waals surface area contributed by atoms with Crippen LogP contribution in [0, 0.1) is 11.3 Å².